The molecule has 23 heavy (non-hydrogen) atoms. The summed E-state index contributed by atoms with van der Waals surface area (Å²) in [5.41, 5.74) is 1.07. The van der Waals surface area contributed by atoms with Gasteiger partial charge in [-0.05, 0) is 45.0 Å². The van der Waals surface area contributed by atoms with Crippen molar-refractivity contribution in [2.24, 2.45) is 5.92 Å². The third-order valence-corrected chi connectivity index (χ3v) is 3.89. The summed E-state index contributed by atoms with van der Waals surface area (Å²) < 4.78 is 0. The molecule has 1 saturated heterocycles. The molecule has 1 N–H and O–H groups in total. The zero-order valence-electron chi connectivity index (χ0n) is 16.0. The molecule has 2 heterocycles. The van der Waals surface area contributed by atoms with E-state index in [4.69, 9.17) is 5.11 Å². The molecular formula is C19H38N2O2. The standard InChI is InChI=1S/C13H22N2O2.2C2H6.C2H4/c1-14-6-4-12(5-7-14)13(17)15-8-2-11(10-16)3-9-15;3*1-2/h2,12,16H,3-10H2,1H3;2*1-2H3;1-2H2. The van der Waals surface area contributed by atoms with E-state index in [9.17, 15) is 4.79 Å². The minimum atomic E-state index is 0.135. The monoisotopic (exact) mass is 326 g/mol. The maximum atomic E-state index is 12.3. The number of nitrogens with zero attached hydrogens (tertiary/aromatic N) is 2. The van der Waals surface area contributed by atoms with Crippen LogP contribution in [-0.2, 0) is 4.79 Å². The van der Waals surface area contributed by atoms with Crippen LogP contribution in [0.25, 0.3) is 0 Å². The third kappa shape index (κ3) is 8.92. The van der Waals surface area contributed by atoms with Crippen LogP contribution >= 0.6 is 0 Å². The Bertz CT molecular complexity index is 321. The number of rotatable bonds is 2. The molecule has 136 valence electrons. The predicted octanol–water partition coefficient (Wildman–Crippen LogP) is 3.33. The van der Waals surface area contributed by atoms with Gasteiger partial charge in [0, 0.05) is 19.0 Å². The Labute approximate surface area is 143 Å². The van der Waals surface area contributed by atoms with Gasteiger partial charge < -0.3 is 14.9 Å². The number of piperidine rings is 1. The fourth-order valence-corrected chi connectivity index (χ4v) is 2.57. The van der Waals surface area contributed by atoms with Gasteiger partial charge >= 0.3 is 0 Å². The molecule has 4 nitrogen and oxygen atoms in total. The SMILES string of the molecule is C=C.CC.CC.CN1CCC(C(=O)N2CC=C(CO)CC2)CC1. The molecule has 1 fully saturated rings. The van der Waals surface area contributed by atoms with E-state index < -0.39 is 0 Å². The second kappa shape index (κ2) is 15.8. The third-order valence-electron chi connectivity index (χ3n) is 3.89. The van der Waals surface area contributed by atoms with Crippen molar-refractivity contribution in [2.75, 3.05) is 39.8 Å². The van der Waals surface area contributed by atoms with Crippen molar-refractivity contribution >= 4 is 5.91 Å². The summed E-state index contributed by atoms with van der Waals surface area (Å²) in [7, 11) is 2.11. The summed E-state index contributed by atoms with van der Waals surface area (Å²) in [4.78, 5) is 16.5. The van der Waals surface area contributed by atoms with Crippen molar-refractivity contribution < 1.29 is 9.90 Å². The molecule has 4 heteroatoms. The van der Waals surface area contributed by atoms with E-state index in [1.807, 2.05) is 38.7 Å². The summed E-state index contributed by atoms with van der Waals surface area (Å²) in [5, 5.41) is 9.02. The van der Waals surface area contributed by atoms with Crippen LogP contribution in [0, 0.1) is 5.92 Å². The van der Waals surface area contributed by atoms with Crippen LogP contribution in [0.1, 0.15) is 47.0 Å². The van der Waals surface area contributed by atoms with Crippen LogP contribution < -0.4 is 0 Å². The number of amides is 1. The maximum Gasteiger partial charge on any atom is 0.226 e. The van der Waals surface area contributed by atoms with Crippen LogP contribution in [0.15, 0.2) is 24.8 Å². The number of aliphatic hydroxyl groups excluding tert-OH is 1. The second-order valence-electron chi connectivity index (χ2n) is 5.13. The van der Waals surface area contributed by atoms with Crippen molar-refractivity contribution in [1.82, 2.24) is 9.80 Å². The van der Waals surface area contributed by atoms with Crippen molar-refractivity contribution in [3.05, 3.63) is 24.8 Å². The molecule has 0 radical (unpaired) electrons. The first-order chi connectivity index (χ1) is 11.2. The van der Waals surface area contributed by atoms with Crippen molar-refractivity contribution in [1.29, 1.82) is 0 Å². The van der Waals surface area contributed by atoms with E-state index >= 15 is 0 Å². The predicted molar refractivity (Wildman–Crippen MR) is 101 cm³/mol. The van der Waals surface area contributed by atoms with Crippen LogP contribution in [0.5, 0.6) is 0 Å². The summed E-state index contributed by atoms with van der Waals surface area (Å²) in [5.74, 6) is 0.529. The van der Waals surface area contributed by atoms with Gasteiger partial charge in [0.25, 0.3) is 0 Å². The molecule has 0 aromatic heterocycles. The normalized spacial score (nSPS) is 18.2. The Balaban J connectivity index is 0. The van der Waals surface area contributed by atoms with Gasteiger partial charge in [-0.3, -0.25) is 4.79 Å². The van der Waals surface area contributed by atoms with Gasteiger partial charge in [-0.15, -0.1) is 13.2 Å². The van der Waals surface area contributed by atoms with E-state index in [-0.39, 0.29) is 12.5 Å². The summed E-state index contributed by atoms with van der Waals surface area (Å²) in [6, 6.07) is 0. The van der Waals surface area contributed by atoms with Crippen LogP contribution in [-0.4, -0.2) is 60.6 Å². The molecule has 0 aliphatic carbocycles. The van der Waals surface area contributed by atoms with Gasteiger partial charge in [-0.25, -0.2) is 0 Å². The smallest absolute Gasteiger partial charge is 0.226 e. The molecule has 0 aromatic rings. The molecule has 0 saturated carbocycles. The number of aliphatic hydroxyl groups is 1. The Morgan fingerprint density at radius 1 is 1.17 bits per heavy atom. The lowest BCUT2D eigenvalue weighted by molar-refractivity contribution is -0.136. The first-order valence-electron chi connectivity index (χ1n) is 8.97. The highest BCUT2D eigenvalue weighted by Gasteiger charge is 2.27. The molecule has 2 aliphatic heterocycles. The van der Waals surface area contributed by atoms with Crippen LogP contribution in [0.2, 0.25) is 0 Å². The van der Waals surface area contributed by atoms with Crippen molar-refractivity contribution in [2.45, 2.75) is 47.0 Å². The topological polar surface area (TPSA) is 43.8 Å². The molecule has 0 bridgehead atoms. The summed E-state index contributed by atoms with van der Waals surface area (Å²) >= 11 is 0. The Hall–Kier alpha value is -1.13. The number of carbonyl (C=O) groups excluding carboxylic acids is 1. The average Bonchev–Trinajstić information content (AvgIpc) is 2.67. The van der Waals surface area contributed by atoms with Crippen molar-refractivity contribution in [3.8, 4) is 0 Å². The highest BCUT2D eigenvalue weighted by atomic mass is 16.3. The minimum Gasteiger partial charge on any atom is -0.392 e. The van der Waals surface area contributed by atoms with Gasteiger partial charge in [-0.1, -0.05) is 33.8 Å². The molecule has 2 aliphatic rings. The quantitative estimate of drug-likeness (QED) is 0.792. The molecule has 2 rings (SSSR count). The Kier molecular flexibility index (Phi) is 16.5. The van der Waals surface area contributed by atoms with E-state index in [0.29, 0.717) is 12.5 Å². The van der Waals surface area contributed by atoms with Gasteiger partial charge in [0.15, 0.2) is 0 Å². The fraction of sp³-hybridized carbons (Fsp3) is 0.737. The first-order valence-corrected chi connectivity index (χ1v) is 8.97. The Morgan fingerprint density at radius 3 is 2.09 bits per heavy atom. The minimum absolute atomic E-state index is 0.135. The van der Waals surface area contributed by atoms with Gasteiger partial charge in [-0.2, -0.15) is 0 Å². The Morgan fingerprint density at radius 2 is 1.70 bits per heavy atom. The zero-order chi connectivity index (χ0) is 18.3. The van der Waals surface area contributed by atoms with E-state index in [0.717, 1.165) is 44.5 Å². The van der Waals surface area contributed by atoms with Gasteiger partial charge in [0.1, 0.15) is 0 Å². The summed E-state index contributed by atoms with van der Waals surface area (Å²) in [6.07, 6.45) is 4.80. The second-order valence-corrected chi connectivity index (χ2v) is 5.13. The highest BCUT2D eigenvalue weighted by Crippen LogP contribution is 2.20. The van der Waals surface area contributed by atoms with Gasteiger partial charge in [0.05, 0.1) is 6.61 Å². The molecule has 0 unspecified atom stereocenters. The van der Waals surface area contributed by atoms with E-state index in [2.05, 4.69) is 25.1 Å². The first kappa shape index (κ1) is 24.1. The number of hydrogen-bond donors (Lipinski definition) is 1. The molecule has 1 amide bonds. The molecule has 0 atom stereocenters. The highest BCUT2D eigenvalue weighted by molar-refractivity contribution is 5.79. The summed E-state index contributed by atoms with van der Waals surface area (Å²) in [6.45, 7) is 17.7. The zero-order valence-corrected chi connectivity index (χ0v) is 16.0. The lowest BCUT2D eigenvalue weighted by atomic mass is 9.95. The van der Waals surface area contributed by atoms with Crippen LogP contribution in [0.4, 0.5) is 0 Å². The van der Waals surface area contributed by atoms with E-state index in [1.54, 1.807) is 0 Å². The molecule has 0 spiro atoms. The molecular weight excluding hydrogens is 288 g/mol. The lowest BCUT2D eigenvalue weighted by Gasteiger charge is -2.33. The molecule has 0 aromatic carbocycles. The fourth-order valence-electron chi connectivity index (χ4n) is 2.57. The lowest BCUT2D eigenvalue weighted by Crippen LogP contribution is -2.43. The van der Waals surface area contributed by atoms with E-state index in [1.165, 1.54) is 0 Å². The van der Waals surface area contributed by atoms with Crippen LogP contribution in [0.3, 0.4) is 0 Å². The average molecular weight is 327 g/mol. The number of likely N-dealkylation sites (tertiary alicyclic amines) is 1. The number of carbonyl (C=O) groups is 1. The largest absolute Gasteiger partial charge is 0.392 e. The van der Waals surface area contributed by atoms with Crippen molar-refractivity contribution in [3.63, 3.8) is 0 Å². The van der Waals surface area contributed by atoms with Gasteiger partial charge in [0.2, 0.25) is 5.91 Å². The number of hydrogen-bond acceptors (Lipinski definition) is 3. The maximum absolute atomic E-state index is 12.3.